The number of rotatable bonds is 6. The zero-order valence-corrected chi connectivity index (χ0v) is 20.9. The van der Waals surface area contributed by atoms with E-state index in [1.54, 1.807) is 12.3 Å². The van der Waals surface area contributed by atoms with E-state index in [4.69, 9.17) is 9.72 Å². The zero-order valence-electron chi connectivity index (χ0n) is 20.1. The smallest absolute Gasteiger partial charge is 0.341 e. The Hall–Kier alpha value is -3.52. The Labute approximate surface area is 208 Å². The second-order valence-corrected chi connectivity index (χ2v) is 10.1. The number of aryl methyl sites for hydroxylation is 2. The molecule has 1 aliphatic rings. The second kappa shape index (κ2) is 9.62. The van der Waals surface area contributed by atoms with E-state index >= 15 is 0 Å². The van der Waals surface area contributed by atoms with Crippen LogP contribution in [0.15, 0.2) is 42.7 Å². The first-order valence-electron chi connectivity index (χ1n) is 12.0. The van der Waals surface area contributed by atoms with Gasteiger partial charge in [0.05, 0.1) is 34.6 Å². The van der Waals surface area contributed by atoms with Gasteiger partial charge in [-0.1, -0.05) is 18.2 Å². The van der Waals surface area contributed by atoms with Gasteiger partial charge in [-0.15, -0.1) is 11.3 Å². The van der Waals surface area contributed by atoms with Crippen molar-refractivity contribution in [3.8, 4) is 11.3 Å². The predicted octanol–water partition coefficient (Wildman–Crippen LogP) is 5.88. The molecule has 5 rings (SSSR count). The number of anilines is 1. The summed E-state index contributed by atoms with van der Waals surface area (Å²) >= 11 is 1.49. The number of nitrogens with one attached hydrogen (secondary N) is 1. The van der Waals surface area contributed by atoms with Crippen LogP contribution in [0.4, 0.5) is 5.00 Å². The number of benzene rings is 1. The molecule has 8 heteroatoms. The summed E-state index contributed by atoms with van der Waals surface area (Å²) in [7, 11) is 0. The standard InChI is InChI=1S/C27H28N4O3S/c1-4-31-15-17(14-28-31)22-13-20(18-9-5-7-11-21(18)29-22)25(32)30-26-24(27(33)34-16(2)3)19-10-6-8-12-23(19)35-26/h5,7,9,11,13-16H,4,6,8,10,12H2,1-3H3,(H,30,32). The van der Waals surface area contributed by atoms with Crippen molar-refractivity contribution in [2.24, 2.45) is 0 Å². The number of hydrogen-bond donors (Lipinski definition) is 1. The highest BCUT2D eigenvalue weighted by molar-refractivity contribution is 7.17. The third-order valence-electron chi connectivity index (χ3n) is 6.16. The monoisotopic (exact) mass is 488 g/mol. The van der Waals surface area contributed by atoms with Crippen molar-refractivity contribution >= 4 is 39.1 Å². The molecule has 0 fully saturated rings. The molecule has 3 aromatic heterocycles. The molecular weight excluding hydrogens is 460 g/mol. The number of pyridine rings is 1. The highest BCUT2D eigenvalue weighted by Gasteiger charge is 2.28. The largest absolute Gasteiger partial charge is 0.459 e. The SMILES string of the molecule is CCn1cc(-c2cc(C(=O)Nc3sc4c(c3C(=O)OC(C)C)CCCC4)c3ccccc3n2)cn1. The van der Waals surface area contributed by atoms with Crippen LogP contribution in [0.25, 0.3) is 22.2 Å². The van der Waals surface area contributed by atoms with E-state index in [9.17, 15) is 9.59 Å². The maximum absolute atomic E-state index is 13.7. The van der Waals surface area contributed by atoms with Crippen LogP contribution in [0, 0.1) is 0 Å². The zero-order chi connectivity index (χ0) is 24.5. The van der Waals surface area contributed by atoms with Gasteiger partial charge in [0.15, 0.2) is 0 Å². The Morgan fingerprint density at radius 1 is 1.20 bits per heavy atom. The molecule has 4 aromatic rings. The van der Waals surface area contributed by atoms with Crippen LogP contribution in [-0.4, -0.2) is 32.7 Å². The summed E-state index contributed by atoms with van der Waals surface area (Å²) in [6.45, 7) is 6.44. The molecule has 0 unspecified atom stereocenters. The fourth-order valence-electron chi connectivity index (χ4n) is 4.49. The number of esters is 1. The molecule has 0 aliphatic heterocycles. The second-order valence-electron chi connectivity index (χ2n) is 8.98. The Morgan fingerprint density at radius 2 is 2.00 bits per heavy atom. The van der Waals surface area contributed by atoms with Crippen LogP contribution in [0.3, 0.4) is 0 Å². The van der Waals surface area contributed by atoms with Crippen molar-refractivity contribution in [1.82, 2.24) is 14.8 Å². The normalized spacial score (nSPS) is 13.1. The van der Waals surface area contributed by atoms with Crippen molar-refractivity contribution in [1.29, 1.82) is 0 Å². The van der Waals surface area contributed by atoms with E-state index < -0.39 is 0 Å². The van der Waals surface area contributed by atoms with Gasteiger partial charge >= 0.3 is 5.97 Å². The molecule has 0 saturated heterocycles. The van der Waals surface area contributed by atoms with Gasteiger partial charge in [-0.05, 0) is 64.2 Å². The minimum atomic E-state index is -0.373. The molecule has 0 bridgehead atoms. The van der Waals surface area contributed by atoms with Crippen LogP contribution in [0.1, 0.15) is 64.8 Å². The Bertz CT molecular complexity index is 1420. The first-order chi connectivity index (χ1) is 16.9. The Kier molecular flexibility index (Phi) is 6.38. The van der Waals surface area contributed by atoms with Gasteiger partial charge in [0.1, 0.15) is 5.00 Å². The lowest BCUT2D eigenvalue weighted by Crippen LogP contribution is -2.18. The van der Waals surface area contributed by atoms with E-state index in [1.165, 1.54) is 11.3 Å². The lowest BCUT2D eigenvalue weighted by atomic mass is 9.95. The molecule has 7 nitrogen and oxygen atoms in total. The molecule has 180 valence electrons. The summed E-state index contributed by atoms with van der Waals surface area (Å²) in [4.78, 5) is 32.6. The van der Waals surface area contributed by atoms with Gasteiger partial charge in [-0.3, -0.25) is 9.48 Å². The Balaban J connectivity index is 1.56. The highest BCUT2D eigenvalue weighted by Crippen LogP contribution is 2.39. The average Bonchev–Trinajstić information content (AvgIpc) is 3.47. The van der Waals surface area contributed by atoms with Gasteiger partial charge in [0, 0.05) is 28.6 Å². The number of thiophene rings is 1. The van der Waals surface area contributed by atoms with Crippen LogP contribution >= 0.6 is 11.3 Å². The van der Waals surface area contributed by atoms with Crippen LogP contribution < -0.4 is 5.32 Å². The van der Waals surface area contributed by atoms with Gasteiger partial charge in [0.25, 0.3) is 5.91 Å². The van der Waals surface area contributed by atoms with Crippen LogP contribution in [-0.2, 0) is 24.1 Å². The summed E-state index contributed by atoms with van der Waals surface area (Å²) in [5, 5.41) is 8.72. The van der Waals surface area contributed by atoms with E-state index in [1.807, 2.05) is 55.9 Å². The van der Waals surface area contributed by atoms with Crippen molar-refractivity contribution in [2.45, 2.75) is 59.1 Å². The van der Waals surface area contributed by atoms with Gasteiger partial charge in [-0.2, -0.15) is 5.10 Å². The number of carbonyl (C=O) groups is 2. The minimum Gasteiger partial charge on any atom is -0.459 e. The summed E-state index contributed by atoms with van der Waals surface area (Å²) in [6.07, 6.45) is 7.31. The number of fused-ring (bicyclic) bond motifs is 2. The molecule has 0 atom stereocenters. The first-order valence-corrected chi connectivity index (χ1v) is 12.9. The number of hydrogen-bond acceptors (Lipinski definition) is 6. The van der Waals surface area contributed by atoms with E-state index in [0.717, 1.165) is 59.1 Å². The molecule has 1 aliphatic carbocycles. The van der Waals surface area contributed by atoms with Gasteiger partial charge in [0.2, 0.25) is 0 Å². The molecule has 1 amide bonds. The highest BCUT2D eigenvalue weighted by atomic mass is 32.1. The Morgan fingerprint density at radius 3 is 2.77 bits per heavy atom. The molecule has 35 heavy (non-hydrogen) atoms. The van der Waals surface area contributed by atoms with Gasteiger partial charge in [-0.25, -0.2) is 9.78 Å². The lowest BCUT2D eigenvalue weighted by Gasteiger charge is -2.14. The lowest BCUT2D eigenvalue weighted by molar-refractivity contribution is 0.0378. The molecule has 1 N–H and O–H groups in total. The van der Waals surface area contributed by atoms with E-state index in [0.29, 0.717) is 21.8 Å². The van der Waals surface area contributed by atoms with E-state index in [-0.39, 0.29) is 18.0 Å². The van der Waals surface area contributed by atoms with Crippen molar-refractivity contribution in [2.75, 3.05) is 5.32 Å². The number of para-hydroxylation sites is 1. The number of nitrogens with zero attached hydrogens (tertiary/aromatic N) is 3. The fourth-order valence-corrected chi connectivity index (χ4v) is 5.77. The number of ether oxygens (including phenoxy) is 1. The minimum absolute atomic E-state index is 0.235. The summed E-state index contributed by atoms with van der Waals surface area (Å²) in [5.41, 5.74) is 4.29. The van der Waals surface area contributed by atoms with Gasteiger partial charge < -0.3 is 10.1 Å². The number of carbonyl (C=O) groups excluding carboxylic acids is 2. The van der Waals surface area contributed by atoms with Crippen molar-refractivity contribution in [3.05, 3.63) is 64.3 Å². The third-order valence-corrected chi connectivity index (χ3v) is 7.37. The summed E-state index contributed by atoms with van der Waals surface area (Å²) in [6, 6.07) is 9.39. The maximum atomic E-state index is 13.7. The van der Waals surface area contributed by atoms with Crippen molar-refractivity contribution in [3.63, 3.8) is 0 Å². The number of amides is 1. The summed E-state index contributed by atoms with van der Waals surface area (Å²) < 4.78 is 7.37. The first kappa shape index (κ1) is 23.2. The topological polar surface area (TPSA) is 86.1 Å². The molecule has 1 aromatic carbocycles. The number of aromatic nitrogens is 3. The predicted molar refractivity (Wildman–Crippen MR) is 138 cm³/mol. The van der Waals surface area contributed by atoms with Crippen LogP contribution in [0.5, 0.6) is 0 Å². The van der Waals surface area contributed by atoms with Crippen molar-refractivity contribution < 1.29 is 14.3 Å². The molecule has 0 spiro atoms. The third kappa shape index (κ3) is 4.58. The molecule has 0 saturated carbocycles. The molecule has 3 heterocycles. The quantitative estimate of drug-likeness (QED) is 0.343. The fraction of sp³-hybridized carbons (Fsp3) is 0.333. The molecule has 0 radical (unpaired) electrons. The van der Waals surface area contributed by atoms with E-state index in [2.05, 4.69) is 10.4 Å². The maximum Gasteiger partial charge on any atom is 0.341 e. The summed E-state index contributed by atoms with van der Waals surface area (Å²) in [5.74, 6) is -0.646. The van der Waals surface area contributed by atoms with Crippen LogP contribution in [0.2, 0.25) is 0 Å². The average molecular weight is 489 g/mol. The molecular formula is C27H28N4O3S.